The summed E-state index contributed by atoms with van der Waals surface area (Å²) in [4.78, 5) is 8.34. The minimum atomic E-state index is 0.102. The van der Waals surface area contributed by atoms with E-state index in [0.29, 0.717) is 0 Å². The van der Waals surface area contributed by atoms with E-state index in [9.17, 15) is 0 Å². The van der Waals surface area contributed by atoms with Crippen molar-refractivity contribution in [2.45, 2.75) is 32.4 Å². The molecule has 0 spiro atoms. The Bertz CT molecular complexity index is 449. The predicted molar refractivity (Wildman–Crippen MR) is 67.5 cm³/mol. The number of aryl methyl sites for hydroxylation is 1. The number of hydrogen-bond acceptors (Lipinski definition) is 3. The summed E-state index contributed by atoms with van der Waals surface area (Å²) in [6, 6.07) is 4.11. The molecule has 1 unspecified atom stereocenters. The molecule has 4 nitrogen and oxygen atoms in total. The molecule has 0 amide bonds. The molecule has 0 aromatic carbocycles. The standard InChI is InChI=1S/C13H18N4/c1-2-17-8-7-16-13(17)10-12(14)9-11-3-5-15-6-4-11/h3-8,12H,2,9-10,14H2,1H3. The van der Waals surface area contributed by atoms with Crippen molar-refractivity contribution in [1.29, 1.82) is 0 Å². The molecular weight excluding hydrogens is 212 g/mol. The fourth-order valence-electron chi connectivity index (χ4n) is 1.95. The first-order chi connectivity index (χ1) is 8.29. The van der Waals surface area contributed by atoms with Crippen LogP contribution in [0.4, 0.5) is 0 Å². The van der Waals surface area contributed by atoms with Crippen molar-refractivity contribution in [3.8, 4) is 0 Å². The number of hydrogen-bond donors (Lipinski definition) is 1. The van der Waals surface area contributed by atoms with Crippen LogP contribution in [0, 0.1) is 0 Å². The molecule has 2 aromatic heterocycles. The molecule has 0 aliphatic heterocycles. The van der Waals surface area contributed by atoms with E-state index in [2.05, 4.69) is 21.5 Å². The highest BCUT2D eigenvalue weighted by Crippen LogP contribution is 2.06. The first-order valence-corrected chi connectivity index (χ1v) is 5.94. The van der Waals surface area contributed by atoms with Gasteiger partial charge in [-0.2, -0.15) is 0 Å². The van der Waals surface area contributed by atoms with Gasteiger partial charge in [0.05, 0.1) is 0 Å². The Morgan fingerprint density at radius 2 is 2.00 bits per heavy atom. The highest BCUT2D eigenvalue weighted by Gasteiger charge is 2.09. The van der Waals surface area contributed by atoms with Crippen molar-refractivity contribution < 1.29 is 0 Å². The zero-order chi connectivity index (χ0) is 12.1. The summed E-state index contributed by atoms with van der Waals surface area (Å²) in [7, 11) is 0. The summed E-state index contributed by atoms with van der Waals surface area (Å²) < 4.78 is 2.13. The molecule has 2 heterocycles. The summed E-state index contributed by atoms with van der Waals surface area (Å²) in [5.41, 5.74) is 7.37. The number of nitrogens with two attached hydrogens (primary N) is 1. The Balaban J connectivity index is 1.96. The van der Waals surface area contributed by atoms with Crippen LogP contribution in [-0.2, 0) is 19.4 Å². The molecule has 0 aliphatic carbocycles. The first kappa shape index (κ1) is 11.8. The van der Waals surface area contributed by atoms with Crippen molar-refractivity contribution in [3.63, 3.8) is 0 Å². The Morgan fingerprint density at radius 3 is 2.71 bits per heavy atom. The van der Waals surface area contributed by atoms with E-state index in [1.807, 2.05) is 24.5 Å². The van der Waals surface area contributed by atoms with Gasteiger partial charge in [-0.05, 0) is 31.0 Å². The van der Waals surface area contributed by atoms with Crippen LogP contribution in [0.3, 0.4) is 0 Å². The third kappa shape index (κ3) is 3.14. The third-order valence-corrected chi connectivity index (χ3v) is 2.83. The van der Waals surface area contributed by atoms with Crippen LogP contribution < -0.4 is 5.73 Å². The molecule has 0 fully saturated rings. The van der Waals surface area contributed by atoms with E-state index in [1.54, 1.807) is 12.4 Å². The van der Waals surface area contributed by atoms with Crippen LogP contribution in [0.25, 0.3) is 0 Å². The smallest absolute Gasteiger partial charge is 0.110 e. The lowest BCUT2D eigenvalue weighted by atomic mass is 10.1. The maximum Gasteiger partial charge on any atom is 0.110 e. The summed E-state index contributed by atoms with van der Waals surface area (Å²) in [6.07, 6.45) is 9.10. The molecule has 2 N–H and O–H groups in total. The van der Waals surface area contributed by atoms with Gasteiger partial charge in [0.15, 0.2) is 0 Å². The summed E-state index contributed by atoms with van der Waals surface area (Å²) in [5.74, 6) is 1.06. The fourth-order valence-corrected chi connectivity index (χ4v) is 1.95. The van der Waals surface area contributed by atoms with E-state index >= 15 is 0 Å². The fraction of sp³-hybridized carbons (Fsp3) is 0.385. The summed E-state index contributed by atoms with van der Waals surface area (Å²) >= 11 is 0. The lowest BCUT2D eigenvalue weighted by Gasteiger charge is -2.12. The van der Waals surface area contributed by atoms with Crippen LogP contribution in [0.1, 0.15) is 18.3 Å². The Labute approximate surface area is 102 Å². The molecule has 2 aromatic rings. The molecule has 4 heteroatoms. The van der Waals surface area contributed by atoms with Gasteiger partial charge in [-0.25, -0.2) is 4.98 Å². The lowest BCUT2D eigenvalue weighted by molar-refractivity contribution is 0.602. The van der Waals surface area contributed by atoms with Gasteiger partial charge in [0.1, 0.15) is 5.82 Å². The van der Waals surface area contributed by atoms with Gasteiger partial charge in [0.25, 0.3) is 0 Å². The topological polar surface area (TPSA) is 56.7 Å². The maximum atomic E-state index is 6.15. The number of rotatable bonds is 5. The summed E-state index contributed by atoms with van der Waals surface area (Å²) in [5, 5.41) is 0. The molecule has 0 aliphatic rings. The second-order valence-corrected chi connectivity index (χ2v) is 4.15. The quantitative estimate of drug-likeness (QED) is 0.845. The molecule has 90 valence electrons. The van der Waals surface area contributed by atoms with Gasteiger partial charge >= 0.3 is 0 Å². The minimum Gasteiger partial charge on any atom is -0.335 e. The molecule has 0 saturated heterocycles. The van der Waals surface area contributed by atoms with E-state index in [-0.39, 0.29) is 6.04 Å². The largest absolute Gasteiger partial charge is 0.335 e. The lowest BCUT2D eigenvalue weighted by Crippen LogP contribution is -2.27. The third-order valence-electron chi connectivity index (χ3n) is 2.83. The van der Waals surface area contributed by atoms with E-state index in [1.165, 1.54) is 5.56 Å². The zero-order valence-electron chi connectivity index (χ0n) is 10.1. The van der Waals surface area contributed by atoms with Gasteiger partial charge in [-0.15, -0.1) is 0 Å². The molecule has 0 bridgehead atoms. The van der Waals surface area contributed by atoms with E-state index < -0.39 is 0 Å². The van der Waals surface area contributed by atoms with Crippen LogP contribution in [0.5, 0.6) is 0 Å². The second-order valence-electron chi connectivity index (χ2n) is 4.15. The monoisotopic (exact) mass is 230 g/mol. The molecule has 2 rings (SSSR count). The van der Waals surface area contributed by atoms with Crippen molar-refractivity contribution in [1.82, 2.24) is 14.5 Å². The highest BCUT2D eigenvalue weighted by molar-refractivity contribution is 5.12. The zero-order valence-corrected chi connectivity index (χ0v) is 10.1. The molecule has 0 radical (unpaired) electrons. The van der Waals surface area contributed by atoms with Gasteiger partial charge in [-0.3, -0.25) is 4.98 Å². The van der Waals surface area contributed by atoms with Crippen LogP contribution in [-0.4, -0.2) is 20.6 Å². The second kappa shape index (κ2) is 5.59. The van der Waals surface area contributed by atoms with E-state index in [0.717, 1.165) is 25.2 Å². The Hall–Kier alpha value is -1.68. The normalized spacial score (nSPS) is 12.6. The van der Waals surface area contributed by atoms with Crippen molar-refractivity contribution >= 4 is 0 Å². The highest BCUT2D eigenvalue weighted by atomic mass is 15.1. The Kier molecular flexibility index (Phi) is 3.88. The average molecular weight is 230 g/mol. The molecular formula is C13H18N4. The van der Waals surface area contributed by atoms with Crippen molar-refractivity contribution in [2.24, 2.45) is 5.73 Å². The number of nitrogens with zero attached hydrogens (tertiary/aromatic N) is 3. The Morgan fingerprint density at radius 1 is 1.24 bits per heavy atom. The van der Waals surface area contributed by atoms with E-state index in [4.69, 9.17) is 5.73 Å². The van der Waals surface area contributed by atoms with Crippen molar-refractivity contribution in [2.75, 3.05) is 0 Å². The maximum absolute atomic E-state index is 6.15. The minimum absolute atomic E-state index is 0.102. The molecule has 0 saturated carbocycles. The first-order valence-electron chi connectivity index (χ1n) is 5.94. The van der Waals surface area contributed by atoms with Gasteiger partial charge < -0.3 is 10.3 Å². The van der Waals surface area contributed by atoms with Crippen molar-refractivity contribution in [3.05, 3.63) is 48.3 Å². The van der Waals surface area contributed by atoms with Crippen LogP contribution in [0.15, 0.2) is 36.9 Å². The average Bonchev–Trinajstić information content (AvgIpc) is 2.77. The SMILES string of the molecule is CCn1ccnc1CC(N)Cc1ccncc1. The number of imidazole rings is 1. The predicted octanol–water partition coefficient (Wildman–Crippen LogP) is 1.41. The number of aromatic nitrogens is 3. The molecule has 1 atom stereocenters. The van der Waals surface area contributed by atoms with Gasteiger partial charge in [0, 0.05) is 43.8 Å². The molecule has 17 heavy (non-hydrogen) atoms. The summed E-state index contributed by atoms with van der Waals surface area (Å²) in [6.45, 7) is 3.05. The number of pyridine rings is 1. The van der Waals surface area contributed by atoms with Crippen LogP contribution in [0.2, 0.25) is 0 Å². The van der Waals surface area contributed by atoms with Crippen LogP contribution >= 0.6 is 0 Å². The van der Waals surface area contributed by atoms with Gasteiger partial charge in [-0.1, -0.05) is 0 Å². The van der Waals surface area contributed by atoms with Gasteiger partial charge in [0.2, 0.25) is 0 Å².